The smallest absolute Gasteiger partial charge is 0.336 e. The molecule has 0 aliphatic carbocycles. The molecule has 202 valence electrons. The van der Waals surface area contributed by atoms with Crippen LogP contribution >= 0.6 is 0 Å². The van der Waals surface area contributed by atoms with E-state index in [0.29, 0.717) is 5.56 Å². The first-order valence-electron chi connectivity index (χ1n) is 13.4. The Hall–Kier alpha value is -4.77. The van der Waals surface area contributed by atoms with Gasteiger partial charge in [-0.05, 0) is 84.5 Å². The highest BCUT2D eigenvalue weighted by Crippen LogP contribution is 2.30. The highest BCUT2D eigenvalue weighted by Gasteiger charge is 2.15. The van der Waals surface area contributed by atoms with Crippen molar-refractivity contribution in [2.45, 2.75) is 33.4 Å². The number of methoxy groups -OCH3 is 1. The van der Waals surface area contributed by atoms with Crippen molar-refractivity contribution < 1.29 is 14.6 Å². The number of ether oxygens (including phenoxy) is 1. The molecule has 40 heavy (non-hydrogen) atoms. The molecule has 0 aliphatic heterocycles. The lowest BCUT2D eigenvalue weighted by molar-refractivity contribution is 0.0697. The Morgan fingerprint density at radius 1 is 0.975 bits per heavy atom. The Bertz CT molecular complexity index is 1700. The van der Waals surface area contributed by atoms with Crippen molar-refractivity contribution >= 4 is 22.6 Å². The van der Waals surface area contributed by atoms with Crippen molar-refractivity contribution in [1.29, 1.82) is 0 Å². The van der Waals surface area contributed by atoms with E-state index < -0.39 is 5.97 Å². The summed E-state index contributed by atoms with van der Waals surface area (Å²) in [6.45, 7) is 11.5. The van der Waals surface area contributed by atoms with Gasteiger partial charge in [0.05, 0.1) is 12.7 Å². The highest BCUT2D eigenvalue weighted by molar-refractivity contribution is 5.96. The minimum atomic E-state index is -0.919. The van der Waals surface area contributed by atoms with Gasteiger partial charge in [-0.15, -0.1) is 0 Å². The second kappa shape index (κ2) is 11.1. The van der Waals surface area contributed by atoms with Crippen LogP contribution in [0, 0.1) is 13.8 Å². The summed E-state index contributed by atoms with van der Waals surface area (Å²) in [5.74, 6) is -0.0768. The van der Waals surface area contributed by atoms with E-state index in [0.717, 1.165) is 40.2 Å². The van der Waals surface area contributed by atoms with Gasteiger partial charge in [0.15, 0.2) is 0 Å². The molecule has 1 atom stereocenters. The van der Waals surface area contributed by atoms with Crippen LogP contribution in [0.15, 0.2) is 97.6 Å². The molecule has 0 unspecified atom stereocenters. The normalized spacial score (nSPS) is 11.8. The van der Waals surface area contributed by atoms with Gasteiger partial charge in [0.1, 0.15) is 5.75 Å². The largest absolute Gasteiger partial charge is 0.497 e. The minimum absolute atomic E-state index is 0.104. The fraction of sp³-hybridized carbons (Fsp3) is 0.171. The van der Waals surface area contributed by atoms with E-state index in [4.69, 9.17) is 4.74 Å². The summed E-state index contributed by atoms with van der Waals surface area (Å²) < 4.78 is 7.61. The van der Waals surface area contributed by atoms with Crippen LogP contribution in [0.25, 0.3) is 27.7 Å². The molecule has 5 nitrogen and oxygen atoms in total. The lowest BCUT2D eigenvalue weighted by atomic mass is 9.99. The van der Waals surface area contributed by atoms with E-state index in [9.17, 15) is 9.90 Å². The molecule has 0 radical (unpaired) electrons. The Labute approximate surface area is 235 Å². The standard InChI is InChI=1S/C35H34N2O3/c1-22-25(4)37(21-26-10-12-28(13-11-26)31-8-6-7-9-32(31)35(38)39)34-19-16-29(20-33(22)34)24(3)36-23(2)27-14-17-30(40-5)18-15-27/h6-20,23,36H,3,21H2,1-2,4-5H3,(H,38,39)/t23-/m1/s1. The molecular weight excluding hydrogens is 496 g/mol. The van der Waals surface area contributed by atoms with Gasteiger partial charge in [-0.3, -0.25) is 0 Å². The maximum atomic E-state index is 11.7. The van der Waals surface area contributed by atoms with E-state index in [1.165, 1.54) is 27.7 Å². The Morgan fingerprint density at radius 3 is 2.35 bits per heavy atom. The lowest BCUT2D eigenvalue weighted by Crippen LogP contribution is -2.16. The molecule has 0 saturated heterocycles. The van der Waals surface area contributed by atoms with Gasteiger partial charge in [-0.1, -0.05) is 67.2 Å². The first-order chi connectivity index (χ1) is 19.3. The van der Waals surface area contributed by atoms with Crippen LogP contribution in [-0.4, -0.2) is 22.8 Å². The van der Waals surface area contributed by atoms with Crippen LogP contribution in [0.1, 0.15) is 51.3 Å². The number of hydrogen-bond donors (Lipinski definition) is 2. The quantitative estimate of drug-likeness (QED) is 0.203. The fourth-order valence-electron chi connectivity index (χ4n) is 5.26. The zero-order chi connectivity index (χ0) is 28.4. The molecule has 0 bridgehead atoms. The summed E-state index contributed by atoms with van der Waals surface area (Å²) in [5, 5.41) is 14.3. The first kappa shape index (κ1) is 26.8. The lowest BCUT2D eigenvalue weighted by Gasteiger charge is -2.18. The number of nitrogens with one attached hydrogen (secondary N) is 1. The van der Waals surface area contributed by atoms with Crippen molar-refractivity contribution in [3.05, 3.63) is 131 Å². The van der Waals surface area contributed by atoms with E-state index in [1.54, 1.807) is 19.2 Å². The van der Waals surface area contributed by atoms with Gasteiger partial charge in [0.25, 0.3) is 0 Å². The molecule has 5 rings (SSSR count). The number of aryl methyl sites for hydroxylation is 1. The van der Waals surface area contributed by atoms with Crippen molar-refractivity contribution in [1.82, 2.24) is 9.88 Å². The van der Waals surface area contributed by atoms with Crippen LogP contribution in [0.4, 0.5) is 0 Å². The number of rotatable bonds is 9. The number of aromatic nitrogens is 1. The van der Waals surface area contributed by atoms with Crippen LogP contribution < -0.4 is 10.1 Å². The summed E-state index contributed by atoms with van der Waals surface area (Å²) in [4.78, 5) is 11.7. The van der Waals surface area contributed by atoms with Gasteiger partial charge < -0.3 is 19.7 Å². The second-order valence-electron chi connectivity index (χ2n) is 10.2. The average Bonchev–Trinajstić information content (AvgIpc) is 3.21. The number of benzene rings is 4. The molecular formula is C35H34N2O3. The zero-order valence-electron chi connectivity index (χ0n) is 23.4. The van der Waals surface area contributed by atoms with Crippen LogP contribution in [0.3, 0.4) is 0 Å². The van der Waals surface area contributed by atoms with Crippen molar-refractivity contribution in [3.8, 4) is 16.9 Å². The Morgan fingerprint density at radius 2 is 1.68 bits per heavy atom. The SMILES string of the molecule is C=C(N[C@H](C)c1ccc(OC)cc1)c1ccc2c(c1)c(C)c(C)n2Cc1ccc(-c2ccccc2C(=O)O)cc1. The molecule has 4 aromatic carbocycles. The summed E-state index contributed by atoms with van der Waals surface area (Å²) in [6, 6.07) is 30.0. The second-order valence-corrected chi connectivity index (χ2v) is 10.2. The molecule has 5 aromatic rings. The number of hydrogen-bond acceptors (Lipinski definition) is 3. The predicted octanol–water partition coefficient (Wildman–Crippen LogP) is 8.00. The molecule has 0 fully saturated rings. The molecule has 0 amide bonds. The number of carboxylic acids is 1. The molecule has 0 aliphatic rings. The summed E-state index contributed by atoms with van der Waals surface area (Å²) in [5.41, 5.74) is 9.84. The summed E-state index contributed by atoms with van der Waals surface area (Å²) >= 11 is 0. The minimum Gasteiger partial charge on any atom is -0.497 e. The number of nitrogens with zero attached hydrogens (tertiary/aromatic N) is 1. The van der Waals surface area contributed by atoms with Crippen LogP contribution in [0.2, 0.25) is 0 Å². The Balaban J connectivity index is 1.37. The van der Waals surface area contributed by atoms with Gasteiger partial charge in [-0.25, -0.2) is 4.79 Å². The van der Waals surface area contributed by atoms with E-state index in [2.05, 4.69) is 79.7 Å². The van der Waals surface area contributed by atoms with Gasteiger partial charge >= 0.3 is 5.97 Å². The van der Waals surface area contributed by atoms with Crippen molar-refractivity contribution in [2.75, 3.05) is 7.11 Å². The third-order valence-electron chi connectivity index (χ3n) is 7.76. The van der Waals surface area contributed by atoms with Crippen molar-refractivity contribution in [3.63, 3.8) is 0 Å². The monoisotopic (exact) mass is 530 g/mol. The Kier molecular flexibility index (Phi) is 7.47. The van der Waals surface area contributed by atoms with E-state index >= 15 is 0 Å². The molecule has 0 saturated carbocycles. The maximum absolute atomic E-state index is 11.7. The van der Waals surface area contributed by atoms with Gasteiger partial charge in [0.2, 0.25) is 0 Å². The first-order valence-corrected chi connectivity index (χ1v) is 13.4. The summed E-state index contributed by atoms with van der Waals surface area (Å²) in [6.07, 6.45) is 0. The topological polar surface area (TPSA) is 63.5 Å². The van der Waals surface area contributed by atoms with Crippen LogP contribution in [0.5, 0.6) is 5.75 Å². The molecule has 1 aromatic heterocycles. The number of aromatic carboxylic acids is 1. The summed E-state index contributed by atoms with van der Waals surface area (Å²) in [7, 11) is 1.67. The van der Waals surface area contributed by atoms with Crippen LogP contribution in [-0.2, 0) is 6.54 Å². The highest BCUT2D eigenvalue weighted by atomic mass is 16.5. The fourth-order valence-corrected chi connectivity index (χ4v) is 5.26. The van der Waals surface area contributed by atoms with E-state index in [-0.39, 0.29) is 6.04 Å². The third kappa shape index (κ3) is 5.23. The number of carboxylic acid groups (broad SMARTS) is 1. The van der Waals surface area contributed by atoms with Gasteiger partial charge in [0, 0.05) is 34.9 Å². The molecule has 5 heteroatoms. The van der Waals surface area contributed by atoms with E-state index in [1.807, 2.05) is 36.4 Å². The zero-order valence-corrected chi connectivity index (χ0v) is 23.4. The maximum Gasteiger partial charge on any atom is 0.336 e. The molecule has 2 N–H and O–H groups in total. The van der Waals surface area contributed by atoms with Crippen molar-refractivity contribution in [2.24, 2.45) is 0 Å². The number of fused-ring (bicyclic) bond motifs is 1. The molecule has 0 spiro atoms. The average molecular weight is 531 g/mol. The third-order valence-corrected chi connectivity index (χ3v) is 7.76. The van der Waals surface area contributed by atoms with Gasteiger partial charge in [-0.2, -0.15) is 0 Å². The number of carbonyl (C=O) groups is 1. The predicted molar refractivity (Wildman–Crippen MR) is 163 cm³/mol. The molecule has 1 heterocycles.